The molecule has 0 aliphatic carbocycles. The summed E-state index contributed by atoms with van der Waals surface area (Å²) in [6, 6.07) is 13.6. The van der Waals surface area contributed by atoms with E-state index in [-0.39, 0.29) is 6.42 Å². The predicted molar refractivity (Wildman–Crippen MR) is 83.8 cm³/mol. The first-order valence-electron chi connectivity index (χ1n) is 7.47. The largest absolute Gasteiger partial charge is 0.481 e. The molecule has 0 bridgehead atoms. The normalized spacial score (nSPS) is 21.1. The molecule has 3 rings (SSSR count). The molecule has 0 aromatic heterocycles. The van der Waals surface area contributed by atoms with E-state index in [2.05, 4.69) is 0 Å². The van der Waals surface area contributed by atoms with Crippen LogP contribution in [0.15, 0.2) is 42.5 Å². The Morgan fingerprint density at radius 2 is 1.91 bits per heavy atom. The van der Waals surface area contributed by atoms with Crippen LogP contribution in [-0.2, 0) is 25.5 Å². The molecule has 1 aliphatic rings. The fraction of sp³-hybridized carbons (Fsp3) is 0.333. The second-order valence-corrected chi connectivity index (χ2v) is 6.19. The van der Waals surface area contributed by atoms with Crippen LogP contribution in [0.25, 0.3) is 10.8 Å². The number of fused-ring (bicyclic) bond motifs is 1. The van der Waals surface area contributed by atoms with Gasteiger partial charge in [0.1, 0.15) is 0 Å². The van der Waals surface area contributed by atoms with Crippen molar-refractivity contribution in [3.8, 4) is 0 Å². The van der Waals surface area contributed by atoms with Crippen LogP contribution in [0.5, 0.6) is 0 Å². The van der Waals surface area contributed by atoms with Gasteiger partial charge in [-0.05, 0) is 22.8 Å². The molecular weight excluding hydrogens is 296 g/mol. The average molecular weight is 314 g/mol. The number of carbonyl (C=O) groups is 2. The smallest absolute Gasteiger partial charge is 0.338 e. The van der Waals surface area contributed by atoms with Gasteiger partial charge in [0.15, 0.2) is 6.10 Å². The predicted octanol–water partition coefficient (Wildman–Crippen LogP) is 2.76. The van der Waals surface area contributed by atoms with Crippen LogP contribution in [0.3, 0.4) is 0 Å². The Bertz CT molecular complexity index is 765. The molecule has 0 unspecified atom stereocenters. The molecule has 2 aromatic carbocycles. The Balaban J connectivity index is 1.87. The molecule has 1 saturated heterocycles. The molecule has 120 valence electrons. The lowest BCUT2D eigenvalue weighted by Crippen LogP contribution is -2.35. The second-order valence-electron chi connectivity index (χ2n) is 6.19. The summed E-state index contributed by atoms with van der Waals surface area (Å²) in [5.74, 6) is -3.76. The monoisotopic (exact) mass is 314 g/mol. The number of hydrogen-bond acceptors (Lipinski definition) is 4. The number of benzene rings is 2. The molecule has 0 amide bonds. The Labute approximate surface area is 133 Å². The number of carbonyl (C=O) groups excluding carboxylic acids is 1. The van der Waals surface area contributed by atoms with Gasteiger partial charge in [0.25, 0.3) is 0 Å². The summed E-state index contributed by atoms with van der Waals surface area (Å²) in [4.78, 5) is 23.6. The number of ether oxygens (including phenoxy) is 2. The number of carboxylic acid groups (broad SMARTS) is 1. The third-order valence-electron chi connectivity index (χ3n) is 3.94. The molecule has 1 fully saturated rings. The molecule has 2 aromatic rings. The van der Waals surface area contributed by atoms with Gasteiger partial charge in [-0.2, -0.15) is 0 Å². The molecule has 0 saturated carbocycles. The van der Waals surface area contributed by atoms with Gasteiger partial charge in [-0.3, -0.25) is 4.79 Å². The highest BCUT2D eigenvalue weighted by atomic mass is 16.8. The van der Waals surface area contributed by atoms with Crippen LogP contribution < -0.4 is 0 Å². The van der Waals surface area contributed by atoms with E-state index in [4.69, 9.17) is 9.47 Å². The minimum Gasteiger partial charge on any atom is -0.481 e. The van der Waals surface area contributed by atoms with Crippen molar-refractivity contribution in [3.63, 3.8) is 0 Å². The van der Waals surface area contributed by atoms with Gasteiger partial charge in [-0.1, -0.05) is 42.5 Å². The Morgan fingerprint density at radius 3 is 2.52 bits per heavy atom. The van der Waals surface area contributed by atoms with E-state index in [1.807, 2.05) is 42.5 Å². The highest BCUT2D eigenvalue weighted by molar-refractivity contribution is 5.85. The Kier molecular flexibility index (Phi) is 3.82. The van der Waals surface area contributed by atoms with Crippen molar-refractivity contribution in [2.24, 2.45) is 5.92 Å². The average Bonchev–Trinajstić information content (AvgIpc) is 2.77. The van der Waals surface area contributed by atoms with Crippen LogP contribution in [0.4, 0.5) is 0 Å². The zero-order valence-corrected chi connectivity index (χ0v) is 13.0. The van der Waals surface area contributed by atoms with E-state index in [0.29, 0.717) is 0 Å². The number of esters is 1. The van der Waals surface area contributed by atoms with E-state index in [0.717, 1.165) is 16.3 Å². The van der Waals surface area contributed by atoms with Crippen LogP contribution in [0.1, 0.15) is 19.4 Å². The lowest BCUT2D eigenvalue weighted by Gasteiger charge is -2.19. The van der Waals surface area contributed by atoms with Crippen LogP contribution in [0.2, 0.25) is 0 Å². The molecule has 0 spiro atoms. The Hall–Kier alpha value is -2.40. The number of rotatable bonds is 4. The first-order chi connectivity index (χ1) is 10.9. The molecule has 1 heterocycles. The SMILES string of the molecule is CC1(C)OC(=O)[C@@H]([C@@H](Cc2ccc3ccccc3c2)C(=O)O)O1. The van der Waals surface area contributed by atoms with Gasteiger partial charge in [-0.15, -0.1) is 0 Å². The maximum absolute atomic E-state index is 11.9. The van der Waals surface area contributed by atoms with Crippen molar-refractivity contribution >= 4 is 22.7 Å². The van der Waals surface area contributed by atoms with Crippen molar-refractivity contribution in [1.82, 2.24) is 0 Å². The molecular formula is C18H18O5. The van der Waals surface area contributed by atoms with Gasteiger partial charge in [0, 0.05) is 13.8 Å². The third-order valence-corrected chi connectivity index (χ3v) is 3.94. The minimum atomic E-state index is -1.09. The molecule has 1 N–H and O–H groups in total. The van der Waals surface area contributed by atoms with Gasteiger partial charge >= 0.3 is 11.9 Å². The van der Waals surface area contributed by atoms with Crippen molar-refractivity contribution in [2.45, 2.75) is 32.2 Å². The quantitative estimate of drug-likeness (QED) is 0.879. The number of cyclic esters (lactones) is 1. The van der Waals surface area contributed by atoms with Crippen molar-refractivity contribution in [2.75, 3.05) is 0 Å². The third kappa shape index (κ3) is 3.19. The summed E-state index contributed by atoms with van der Waals surface area (Å²) in [7, 11) is 0. The van der Waals surface area contributed by atoms with Crippen LogP contribution in [-0.4, -0.2) is 28.9 Å². The molecule has 5 nitrogen and oxygen atoms in total. The highest BCUT2D eigenvalue weighted by Crippen LogP contribution is 2.30. The first-order valence-corrected chi connectivity index (χ1v) is 7.47. The van der Waals surface area contributed by atoms with Crippen molar-refractivity contribution in [1.29, 1.82) is 0 Å². The van der Waals surface area contributed by atoms with E-state index < -0.39 is 29.7 Å². The number of carboxylic acids is 1. The zero-order chi connectivity index (χ0) is 16.6. The lowest BCUT2D eigenvalue weighted by atomic mass is 9.93. The maximum atomic E-state index is 11.9. The molecule has 1 aliphatic heterocycles. The summed E-state index contributed by atoms with van der Waals surface area (Å²) in [6.07, 6.45) is -0.885. The summed E-state index contributed by atoms with van der Waals surface area (Å²) < 4.78 is 10.6. The van der Waals surface area contributed by atoms with E-state index in [1.54, 1.807) is 13.8 Å². The highest BCUT2D eigenvalue weighted by Gasteiger charge is 2.47. The molecule has 2 atom stereocenters. The second kappa shape index (κ2) is 5.66. The lowest BCUT2D eigenvalue weighted by molar-refractivity contribution is -0.163. The van der Waals surface area contributed by atoms with Crippen molar-refractivity contribution in [3.05, 3.63) is 48.0 Å². The van der Waals surface area contributed by atoms with E-state index >= 15 is 0 Å². The minimum absolute atomic E-state index is 0.204. The van der Waals surface area contributed by atoms with Crippen LogP contribution in [0, 0.1) is 5.92 Å². The van der Waals surface area contributed by atoms with E-state index in [1.165, 1.54) is 0 Å². The van der Waals surface area contributed by atoms with Crippen molar-refractivity contribution < 1.29 is 24.2 Å². The summed E-state index contributed by atoms with van der Waals surface area (Å²) in [5, 5.41) is 11.6. The van der Waals surface area contributed by atoms with Gasteiger partial charge in [0.05, 0.1) is 5.92 Å². The van der Waals surface area contributed by atoms with Gasteiger partial charge in [0.2, 0.25) is 5.79 Å². The standard InChI is InChI=1S/C18H18O5/c1-18(2)22-15(17(21)23-18)14(16(19)20)10-11-7-8-12-5-3-4-6-13(12)9-11/h3-9,14-15H,10H2,1-2H3,(H,19,20)/t14-,15-/m1/s1. The number of hydrogen-bond donors (Lipinski definition) is 1. The van der Waals surface area contributed by atoms with Gasteiger partial charge in [-0.25, -0.2) is 4.79 Å². The fourth-order valence-corrected chi connectivity index (χ4v) is 2.87. The summed E-state index contributed by atoms with van der Waals surface area (Å²) in [5.41, 5.74) is 0.845. The maximum Gasteiger partial charge on any atom is 0.338 e. The first kappa shape index (κ1) is 15.5. The van der Waals surface area contributed by atoms with Gasteiger partial charge < -0.3 is 14.6 Å². The van der Waals surface area contributed by atoms with E-state index in [9.17, 15) is 14.7 Å². The van der Waals surface area contributed by atoms with Crippen LogP contribution >= 0.6 is 0 Å². The molecule has 0 radical (unpaired) electrons. The summed E-state index contributed by atoms with van der Waals surface area (Å²) in [6.45, 7) is 3.19. The fourth-order valence-electron chi connectivity index (χ4n) is 2.87. The number of aliphatic carboxylic acids is 1. The molecule has 23 heavy (non-hydrogen) atoms. The molecule has 5 heteroatoms. The topological polar surface area (TPSA) is 72.8 Å². The summed E-state index contributed by atoms with van der Waals surface area (Å²) >= 11 is 0. The Morgan fingerprint density at radius 1 is 1.22 bits per heavy atom. The zero-order valence-electron chi connectivity index (χ0n) is 13.0.